The van der Waals surface area contributed by atoms with E-state index in [4.69, 9.17) is 42.6 Å². The molecule has 0 radical (unpaired) electrons. The van der Waals surface area contributed by atoms with Crippen molar-refractivity contribution in [3.63, 3.8) is 0 Å². The topological polar surface area (TPSA) is 36.9 Å². The minimum absolute atomic E-state index is 0. The van der Waals surface area contributed by atoms with Crippen molar-refractivity contribution < 1.29 is 34.6 Å². The van der Waals surface area contributed by atoms with Gasteiger partial charge in [0.05, 0.1) is 24.4 Å². The molecule has 11 heteroatoms. The Morgan fingerprint density at radius 1 is 0.565 bits per heavy atom. The Kier molecular flexibility index (Phi) is 18.8. The second kappa shape index (κ2) is 14.4. The van der Waals surface area contributed by atoms with Crippen molar-refractivity contribution in [1.82, 2.24) is 0 Å². The van der Waals surface area contributed by atoms with Crippen molar-refractivity contribution in [3.8, 4) is 0 Å². The first-order valence-corrected chi connectivity index (χ1v) is 14.6. The Morgan fingerprint density at radius 2 is 0.696 bits per heavy atom. The Balaban J connectivity index is -0.000000333. The summed E-state index contributed by atoms with van der Waals surface area (Å²) in [7, 11) is 0. The zero-order chi connectivity index (χ0) is 18.1. The van der Waals surface area contributed by atoms with Crippen molar-refractivity contribution in [1.29, 1.82) is 0 Å². The van der Waals surface area contributed by atoms with Crippen LogP contribution in [0.5, 0.6) is 0 Å². The largest absolute Gasteiger partial charge is 2.00 e. The van der Waals surface area contributed by atoms with Crippen LogP contribution in [-0.4, -0.2) is 24.4 Å². The van der Waals surface area contributed by atoms with Crippen LogP contribution in [0.15, 0.2) is 0 Å². The molecule has 0 rings (SSSR count). The molecule has 0 atom stereocenters. The van der Waals surface area contributed by atoms with E-state index in [0.717, 1.165) is 0 Å². The van der Waals surface area contributed by atoms with Crippen LogP contribution in [0.3, 0.4) is 0 Å². The summed E-state index contributed by atoms with van der Waals surface area (Å²) in [6, 6.07) is 0. The van der Waals surface area contributed by atoms with Crippen LogP contribution in [-0.2, 0) is 82.7 Å². The monoisotopic (exact) mass is 486 g/mol. The van der Waals surface area contributed by atoms with E-state index in [2.05, 4.69) is 23.6 Å². The zero-order valence-electron chi connectivity index (χ0n) is 14.9. The smallest absolute Gasteiger partial charge is 0.640 e. The predicted molar refractivity (Wildman–Crippen MR) is 111 cm³/mol. The Labute approximate surface area is 173 Å². The van der Waals surface area contributed by atoms with Crippen molar-refractivity contribution in [2.45, 2.75) is 79.8 Å². The van der Waals surface area contributed by atoms with Crippen LogP contribution in [0.4, 0.5) is 0 Å². The summed E-state index contributed by atoms with van der Waals surface area (Å²) in [5.74, 6) is 0. The van der Waals surface area contributed by atoms with E-state index in [1.807, 2.05) is 55.4 Å². The third-order valence-corrected chi connectivity index (χ3v) is 6.29. The fraction of sp³-hybridized carbons (Fsp3) is 1.00. The molecule has 0 N–H and O–H groups in total. The van der Waals surface area contributed by atoms with Gasteiger partial charge in [0.2, 0.25) is 11.4 Å². The van der Waals surface area contributed by atoms with Gasteiger partial charge in [0.1, 0.15) is 0 Å². The van der Waals surface area contributed by atoms with Crippen molar-refractivity contribution in [3.05, 3.63) is 0 Å². The molecule has 0 aliphatic rings. The van der Waals surface area contributed by atoms with Crippen LogP contribution in [0, 0.1) is 0 Å². The third kappa shape index (κ3) is 24.3. The molecule has 0 spiro atoms. The number of hydrogen-bond acceptors (Lipinski definition) is 6. The summed E-state index contributed by atoms with van der Waals surface area (Å²) in [5, 5.41) is 0. The average Bonchev–Trinajstić information content (AvgIpc) is 2.06. The van der Waals surface area contributed by atoms with Crippen molar-refractivity contribution in [2.75, 3.05) is 0 Å². The van der Waals surface area contributed by atoms with Gasteiger partial charge in [-0.05, 0) is 55.4 Å². The summed E-state index contributed by atoms with van der Waals surface area (Å²) in [6.07, 6.45) is 0.323. The van der Waals surface area contributed by atoms with Gasteiger partial charge in [0, 0.05) is 0 Å². The van der Waals surface area contributed by atoms with Gasteiger partial charge in [-0.15, -0.1) is 0 Å². The van der Waals surface area contributed by atoms with E-state index >= 15 is 0 Å². The Bertz CT molecular complexity index is 331. The molecule has 0 aromatic heterocycles. The summed E-state index contributed by atoms with van der Waals surface area (Å²) in [4.78, 5) is 0. The molecule has 0 saturated carbocycles. The minimum Gasteiger partial charge on any atom is -0.640 e. The van der Waals surface area contributed by atoms with Gasteiger partial charge < -0.3 is 42.6 Å². The summed E-state index contributed by atoms with van der Waals surface area (Å²) < 4.78 is 21.3. The second-order valence-electron chi connectivity index (χ2n) is 5.55. The van der Waals surface area contributed by atoms with E-state index in [9.17, 15) is 0 Å². The molecule has 0 amide bonds. The second-order valence-corrected chi connectivity index (χ2v) is 15.9. The van der Waals surface area contributed by atoms with Gasteiger partial charge in [-0.1, -0.05) is 0 Å². The molecule has 0 unspecified atom stereocenters. The first kappa shape index (κ1) is 30.1. The quantitative estimate of drug-likeness (QED) is 0.163. The average molecular weight is 487 g/mol. The van der Waals surface area contributed by atoms with Crippen LogP contribution in [0.1, 0.15) is 55.4 Å². The van der Waals surface area contributed by atoms with Gasteiger partial charge in [0.15, 0.2) is 23.6 Å². The van der Waals surface area contributed by atoms with Gasteiger partial charge >= 0.3 is 16.5 Å². The molecule has 144 valence electrons. The SMILES string of the molecule is CC(C)OP([S-])(=[SH+])OC(C)C.CC(C)OP([S-])(=[SH+])OC(C)C.[Ni+2]. The van der Waals surface area contributed by atoms with E-state index in [1.54, 1.807) is 0 Å². The van der Waals surface area contributed by atoms with Gasteiger partial charge in [-0.2, -0.15) is 0 Å². The molecular weight excluding hydrogens is 457 g/mol. The van der Waals surface area contributed by atoms with E-state index in [1.165, 1.54) is 0 Å². The number of rotatable bonds is 8. The first-order chi connectivity index (χ1) is 9.67. The molecule has 4 nitrogen and oxygen atoms in total. The molecule has 0 bridgehead atoms. The van der Waals surface area contributed by atoms with Gasteiger partial charge in [-0.3, -0.25) is 0 Å². The molecule has 0 saturated heterocycles. The van der Waals surface area contributed by atoms with E-state index in [-0.39, 0.29) is 40.9 Å². The summed E-state index contributed by atoms with van der Waals surface area (Å²) in [5.41, 5.74) is -4.55. The predicted octanol–water partition coefficient (Wildman–Crippen LogP) is 4.68. The van der Waals surface area contributed by atoms with Crippen LogP contribution >= 0.6 is 11.4 Å². The van der Waals surface area contributed by atoms with Crippen LogP contribution < -0.4 is 0 Å². The van der Waals surface area contributed by atoms with Crippen molar-refractivity contribution in [2.24, 2.45) is 0 Å². The third-order valence-electron chi connectivity index (χ3n) is 1.38. The first-order valence-electron chi connectivity index (χ1n) is 7.06. The van der Waals surface area contributed by atoms with E-state index in [0.29, 0.717) is 0 Å². The number of hydrogen-bond donors (Lipinski definition) is 0. The van der Waals surface area contributed by atoms with Gasteiger partial charge in [-0.25, -0.2) is 0 Å². The maximum Gasteiger partial charge on any atom is 2.00 e. The maximum absolute atomic E-state index is 5.32. The van der Waals surface area contributed by atoms with Gasteiger partial charge in [0.25, 0.3) is 0 Å². The molecule has 0 aromatic carbocycles. The van der Waals surface area contributed by atoms with Crippen LogP contribution in [0.2, 0.25) is 0 Å². The van der Waals surface area contributed by atoms with E-state index < -0.39 is 11.4 Å². The molecule has 0 aliphatic carbocycles. The number of thiol groups is 2. The molecule has 0 heterocycles. The minimum atomic E-state index is -2.28. The normalized spacial score (nSPS) is 12.4. The maximum atomic E-state index is 5.32. The fourth-order valence-electron chi connectivity index (χ4n) is 1.12. The fourth-order valence-corrected chi connectivity index (χ4v) is 7.67. The Hall–Kier alpha value is 2.33. The summed E-state index contributed by atoms with van der Waals surface area (Å²) in [6.45, 7) is 15.3. The molecule has 23 heavy (non-hydrogen) atoms. The molecule has 0 aliphatic heterocycles. The van der Waals surface area contributed by atoms with Crippen molar-refractivity contribution >= 4 is 59.5 Å². The molecule has 0 fully saturated rings. The molecule has 0 aromatic rings. The molecular formula is C12H30NiO4P2S4+2. The Morgan fingerprint density at radius 3 is 0.783 bits per heavy atom. The standard InChI is InChI=1S/2C6H15O2PS2.Ni/c2*1-5(2)7-9(10,11)8-6(3)4;/h2*5-6H,1-4H3,(H,10,11);/q;;+2. The zero-order valence-corrected chi connectivity index (χ0v) is 21.1. The summed E-state index contributed by atoms with van der Waals surface area (Å²) >= 11 is 18.3. The van der Waals surface area contributed by atoms with Crippen LogP contribution in [0.25, 0.3) is 0 Å².